The number of aromatic nitrogens is 2. The summed E-state index contributed by atoms with van der Waals surface area (Å²) in [6.45, 7) is 3.56. The van der Waals surface area contributed by atoms with Gasteiger partial charge < -0.3 is 4.90 Å². The van der Waals surface area contributed by atoms with E-state index >= 15 is 0 Å². The van der Waals surface area contributed by atoms with E-state index in [2.05, 4.69) is 11.6 Å². The molecule has 1 aliphatic rings. The fraction of sp³-hybridized carbons (Fsp3) is 0.407. The normalized spacial score (nSPS) is 15.4. The largest absolute Gasteiger partial charge is 0.336 e. The highest BCUT2D eigenvalue weighted by Crippen LogP contribution is 2.32. The molecule has 0 aliphatic heterocycles. The van der Waals surface area contributed by atoms with Gasteiger partial charge in [0.25, 0.3) is 5.91 Å². The second kappa shape index (κ2) is 10.1. The minimum atomic E-state index is -0.192. The fourth-order valence-electron chi connectivity index (χ4n) is 4.71. The highest BCUT2D eigenvalue weighted by Gasteiger charge is 2.30. The first-order chi connectivity index (χ1) is 15.5. The lowest BCUT2D eigenvalue weighted by atomic mass is 9.82. The van der Waals surface area contributed by atoms with E-state index in [1.165, 1.54) is 17.8 Å². The molecule has 0 bridgehead atoms. The van der Waals surface area contributed by atoms with Crippen LogP contribution in [0.5, 0.6) is 0 Å². The highest BCUT2D eigenvalue weighted by molar-refractivity contribution is 5.94. The molecule has 1 heterocycles. The maximum Gasteiger partial charge on any atom is 0.274 e. The van der Waals surface area contributed by atoms with Crippen LogP contribution in [0.4, 0.5) is 4.39 Å². The maximum atomic E-state index is 13.4. The van der Waals surface area contributed by atoms with E-state index in [-0.39, 0.29) is 11.7 Å². The standard InChI is InChI=1S/C27H32FN3O/c1-3-17-31-25-16-13-21(10-9-20-11-14-23(28)15-12-20)18-24(25)26(29-31)27(32)30(2)19-22-7-5-4-6-8-22/h4-8,11-12,14-15,21H,3,9-10,13,16-19H2,1-2H3. The van der Waals surface area contributed by atoms with Gasteiger partial charge in [0.15, 0.2) is 5.69 Å². The zero-order valence-electron chi connectivity index (χ0n) is 19.1. The van der Waals surface area contributed by atoms with Gasteiger partial charge in [-0.1, -0.05) is 49.4 Å². The topological polar surface area (TPSA) is 38.1 Å². The van der Waals surface area contributed by atoms with Gasteiger partial charge in [0.2, 0.25) is 0 Å². The summed E-state index contributed by atoms with van der Waals surface area (Å²) < 4.78 is 15.3. The molecular weight excluding hydrogens is 401 g/mol. The van der Waals surface area contributed by atoms with Crippen LogP contribution in [0.25, 0.3) is 0 Å². The molecule has 2 aromatic carbocycles. The van der Waals surface area contributed by atoms with E-state index in [4.69, 9.17) is 5.10 Å². The molecule has 0 N–H and O–H groups in total. The van der Waals surface area contributed by atoms with Gasteiger partial charge in [-0.05, 0) is 67.7 Å². The van der Waals surface area contributed by atoms with Crippen LogP contribution in [-0.2, 0) is 32.4 Å². The summed E-state index contributed by atoms with van der Waals surface area (Å²) >= 11 is 0. The summed E-state index contributed by atoms with van der Waals surface area (Å²) in [6.07, 6.45) is 5.93. The lowest BCUT2D eigenvalue weighted by molar-refractivity contribution is 0.0777. The summed E-state index contributed by atoms with van der Waals surface area (Å²) in [6, 6.07) is 16.9. The Morgan fingerprint density at radius 2 is 1.88 bits per heavy atom. The smallest absolute Gasteiger partial charge is 0.274 e. The SMILES string of the molecule is CCCn1nc(C(=O)N(C)Cc2ccccc2)c2c1CCC(CCc1ccc(F)cc1)C2. The summed E-state index contributed by atoms with van der Waals surface area (Å²) in [5.74, 6) is 0.319. The molecule has 0 fully saturated rings. The fourth-order valence-corrected chi connectivity index (χ4v) is 4.71. The molecule has 0 radical (unpaired) electrons. The number of carbonyl (C=O) groups is 1. The molecule has 1 aromatic heterocycles. The molecule has 168 valence electrons. The van der Waals surface area contributed by atoms with Crippen LogP contribution in [0.2, 0.25) is 0 Å². The molecule has 5 heteroatoms. The van der Waals surface area contributed by atoms with Crippen molar-refractivity contribution in [1.82, 2.24) is 14.7 Å². The van der Waals surface area contributed by atoms with Crippen molar-refractivity contribution in [3.05, 3.63) is 88.5 Å². The van der Waals surface area contributed by atoms with Crippen molar-refractivity contribution in [1.29, 1.82) is 0 Å². The molecule has 1 aliphatic carbocycles. The number of amides is 1. The highest BCUT2D eigenvalue weighted by atomic mass is 19.1. The number of aryl methyl sites for hydroxylation is 2. The Balaban J connectivity index is 1.50. The molecule has 0 saturated carbocycles. The zero-order valence-corrected chi connectivity index (χ0v) is 19.1. The molecule has 1 unspecified atom stereocenters. The van der Waals surface area contributed by atoms with Crippen LogP contribution in [-0.4, -0.2) is 27.6 Å². The Labute approximate surface area is 190 Å². The summed E-state index contributed by atoms with van der Waals surface area (Å²) in [7, 11) is 1.86. The number of benzene rings is 2. The minimum absolute atomic E-state index is 0.000796. The number of rotatable bonds is 8. The van der Waals surface area contributed by atoms with Gasteiger partial charge in [-0.25, -0.2) is 4.39 Å². The van der Waals surface area contributed by atoms with Crippen molar-refractivity contribution in [2.24, 2.45) is 5.92 Å². The van der Waals surface area contributed by atoms with Crippen LogP contribution >= 0.6 is 0 Å². The second-order valence-corrected chi connectivity index (χ2v) is 8.92. The Hall–Kier alpha value is -2.95. The van der Waals surface area contributed by atoms with Gasteiger partial charge in [-0.2, -0.15) is 5.10 Å². The molecule has 0 saturated heterocycles. The van der Waals surface area contributed by atoms with Gasteiger partial charge in [0, 0.05) is 31.4 Å². The van der Waals surface area contributed by atoms with Crippen molar-refractivity contribution in [2.75, 3.05) is 7.05 Å². The predicted molar refractivity (Wildman–Crippen MR) is 125 cm³/mol. The minimum Gasteiger partial charge on any atom is -0.336 e. The molecular formula is C27H32FN3O. The quantitative estimate of drug-likeness (QED) is 0.474. The number of nitrogens with zero attached hydrogens (tertiary/aromatic N) is 3. The van der Waals surface area contributed by atoms with E-state index in [0.29, 0.717) is 18.2 Å². The predicted octanol–water partition coefficient (Wildman–Crippen LogP) is 5.44. The number of carbonyl (C=O) groups excluding carboxylic acids is 1. The van der Waals surface area contributed by atoms with E-state index in [9.17, 15) is 9.18 Å². The van der Waals surface area contributed by atoms with Gasteiger partial charge in [0.05, 0.1) is 0 Å². The van der Waals surface area contributed by atoms with Crippen LogP contribution in [0.3, 0.4) is 0 Å². The number of hydrogen-bond donors (Lipinski definition) is 0. The van der Waals surface area contributed by atoms with Crippen LogP contribution in [0, 0.1) is 11.7 Å². The number of halogens is 1. The van der Waals surface area contributed by atoms with Gasteiger partial charge >= 0.3 is 0 Å². The molecule has 32 heavy (non-hydrogen) atoms. The third-order valence-electron chi connectivity index (χ3n) is 6.45. The third kappa shape index (κ3) is 5.09. The van der Waals surface area contributed by atoms with Gasteiger partial charge in [-0.3, -0.25) is 9.48 Å². The van der Waals surface area contributed by atoms with E-state index in [1.807, 2.05) is 49.5 Å². The Bertz CT molecular complexity index is 1040. The lowest BCUT2D eigenvalue weighted by Gasteiger charge is -2.24. The first-order valence-corrected chi connectivity index (χ1v) is 11.7. The second-order valence-electron chi connectivity index (χ2n) is 8.92. The summed E-state index contributed by atoms with van der Waals surface area (Å²) in [4.78, 5) is 15.1. The first-order valence-electron chi connectivity index (χ1n) is 11.7. The molecule has 4 nitrogen and oxygen atoms in total. The van der Waals surface area contributed by atoms with Crippen molar-refractivity contribution in [2.45, 2.75) is 58.5 Å². The molecule has 3 aromatic rings. The number of fused-ring (bicyclic) bond motifs is 1. The zero-order chi connectivity index (χ0) is 22.5. The lowest BCUT2D eigenvalue weighted by Crippen LogP contribution is -2.28. The average Bonchev–Trinajstić information content (AvgIpc) is 3.17. The Kier molecular flexibility index (Phi) is 7.03. The summed E-state index contributed by atoms with van der Waals surface area (Å²) in [5.41, 5.74) is 5.28. The monoisotopic (exact) mass is 433 g/mol. The van der Waals surface area contributed by atoms with Crippen molar-refractivity contribution >= 4 is 5.91 Å². The van der Waals surface area contributed by atoms with E-state index in [1.54, 1.807) is 4.90 Å². The van der Waals surface area contributed by atoms with E-state index < -0.39 is 0 Å². The van der Waals surface area contributed by atoms with Crippen LogP contribution < -0.4 is 0 Å². The number of hydrogen-bond acceptors (Lipinski definition) is 2. The van der Waals surface area contributed by atoms with Gasteiger partial charge in [-0.15, -0.1) is 0 Å². The molecule has 0 spiro atoms. The maximum absolute atomic E-state index is 13.4. The Morgan fingerprint density at radius 1 is 1.12 bits per heavy atom. The average molecular weight is 434 g/mol. The van der Waals surface area contributed by atoms with Crippen LogP contribution in [0.15, 0.2) is 54.6 Å². The van der Waals surface area contributed by atoms with Crippen LogP contribution in [0.1, 0.15) is 59.1 Å². The molecule has 1 amide bonds. The van der Waals surface area contributed by atoms with Crippen molar-refractivity contribution < 1.29 is 9.18 Å². The molecule has 1 atom stereocenters. The van der Waals surface area contributed by atoms with E-state index in [0.717, 1.165) is 61.8 Å². The van der Waals surface area contributed by atoms with Crippen molar-refractivity contribution in [3.8, 4) is 0 Å². The third-order valence-corrected chi connectivity index (χ3v) is 6.45. The Morgan fingerprint density at radius 3 is 2.59 bits per heavy atom. The molecule has 4 rings (SSSR count). The first kappa shape index (κ1) is 22.3. The van der Waals surface area contributed by atoms with Crippen molar-refractivity contribution in [3.63, 3.8) is 0 Å². The summed E-state index contributed by atoms with van der Waals surface area (Å²) in [5, 5.41) is 4.79. The van der Waals surface area contributed by atoms with Gasteiger partial charge in [0.1, 0.15) is 5.82 Å².